The third-order valence-electron chi connectivity index (χ3n) is 6.14. The molecule has 0 spiro atoms. The first-order valence-electron chi connectivity index (χ1n) is 11.3. The maximum Gasteiger partial charge on any atom is 0.272 e. The van der Waals surface area contributed by atoms with Crippen molar-refractivity contribution in [1.29, 1.82) is 0 Å². The highest BCUT2D eigenvalue weighted by atomic mass is 19.1. The molecule has 0 atom stereocenters. The van der Waals surface area contributed by atoms with E-state index in [1.54, 1.807) is 10.9 Å². The number of nitrogens with one attached hydrogen (secondary N) is 2. The molecule has 0 radical (unpaired) electrons. The molecule has 3 aromatic heterocycles. The number of hydrogen-bond acceptors (Lipinski definition) is 5. The van der Waals surface area contributed by atoms with Gasteiger partial charge in [-0.3, -0.25) is 9.48 Å². The minimum atomic E-state index is -0.368. The summed E-state index contributed by atoms with van der Waals surface area (Å²) in [5.41, 5.74) is 3.53. The number of aromatic amines is 1. The highest BCUT2D eigenvalue weighted by molar-refractivity contribution is 6.02. The highest BCUT2D eigenvalue weighted by Crippen LogP contribution is 2.33. The zero-order valence-electron chi connectivity index (χ0n) is 18.7. The summed E-state index contributed by atoms with van der Waals surface area (Å²) >= 11 is 0. The maximum atomic E-state index is 14.3. The zero-order chi connectivity index (χ0) is 22.9. The minimum Gasteiger partial charge on any atom is -0.347 e. The van der Waals surface area contributed by atoms with E-state index in [2.05, 4.69) is 30.4 Å². The van der Waals surface area contributed by atoms with Crippen LogP contribution in [0.1, 0.15) is 66.2 Å². The summed E-state index contributed by atoms with van der Waals surface area (Å²) in [6.07, 6.45) is 8.66. The van der Waals surface area contributed by atoms with Gasteiger partial charge in [-0.25, -0.2) is 19.3 Å². The van der Waals surface area contributed by atoms with Crippen LogP contribution in [0.15, 0.2) is 30.6 Å². The normalized spacial score (nSPS) is 14.3. The molecule has 1 aromatic carbocycles. The summed E-state index contributed by atoms with van der Waals surface area (Å²) in [7, 11) is 1.81. The van der Waals surface area contributed by atoms with E-state index in [9.17, 15) is 9.18 Å². The van der Waals surface area contributed by atoms with Gasteiger partial charge in [-0.2, -0.15) is 5.10 Å². The Morgan fingerprint density at radius 2 is 2.00 bits per heavy atom. The van der Waals surface area contributed by atoms with Crippen LogP contribution in [0.4, 0.5) is 4.39 Å². The molecule has 0 bridgehead atoms. The number of rotatable bonds is 6. The third kappa shape index (κ3) is 4.35. The van der Waals surface area contributed by atoms with Crippen molar-refractivity contribution in [3.8, 4) is 11.1 Å². The standard InChI is InChI=1S/C24H26FN7O/c1-3-19-28-21(20-23(29-19)31-22(30-20)15-6-4-5-7-15)24(33)26-11-14-8-16(10-18(25)9-14)17-12-27-32(2)13-17/h8-10,12-13,15H,3-7,11H2,1-2H3,(H,26,33)(H,28,29,30,31). The number of amides is 1. The molecule has 1 saturated carbocycles. The summed E-state index contributed by atoms with van der Waals surface area (Å²) < 4.78 is 15.9. The van der Waals surface area contributed by atoms with Crippen molar-refractivity contribution in [2.45, 2.75) is 51.5 Å². The Morgan fingerprint density at radius 1 is 1.18 bits per heavy atom. The number of H-pyrrole nitrogens is 1. The molecule has 2 N–H and O–H groups in total. The second-order valence-corrected chi connectivity index (χ2v) is 8.58. The van der Waals surface area contributed by atoms with E-state index in [4.69, 9.17) is 0 Å². The monoisotopic (exact) mass is 447 g/mol. The highest BCUT2D eigenvalue weighted by Gasteiger charge is 2.24. The number of fused-ring (bicyclic) bond motifs is 1. The average Bonchev–Trinajstić information content (AvgIpc) is 3.56. The van der Waals surface area contributed by atoms with Crippen LogP contribution in [0.2, 0.25) is 0 Å². The van der Waals surface area contributed by atoms with E-state index in [-0.39, 0.29) is 24.0 Å². The number of aryl methyl sites for hydroxylation is 2. The van der Waals surface area contributed by atoms with Gasteiger partial charge in [0.05, 0.1) is 6.20 Å². The second kappa shape index (κ2) is 8.73. The van der Waals surface area contributed by atoms with Crippen LogP contribution in [0.3, 0.4) is 0 Å². The molecule has 1 fully saturated rings. The predicted molar refractivity (Wildman–Crippen MR) is 122 cm³/mol. The average molecular weight is 448 g/mol. The number of hydrogen-bond donors (Lipinski definition) is 2. The van der Waals surface area contributed by atoms with Crippen molar-refractivity contribution in [3.63, 3.8) is 0 Å². The van der Waals surface area contributed by atoms with Crippen molar-refractivity contribution in [2.75, 3.05) is 0 Å². The molecule has 5 rings (SSSR count). The van der Waals surface area contributed by atoms with Crippen LogP contribution in [0.5, 0.6) is 0 Å². The molecule has 3 heterocycles. The summed E-state index contributed by atoms with van der Waals surface area (Å²) in [4.78, 5) is 30.1. The first-order valence-corrected chi connectivity index (χ1v) is 11.3. The molecule has 33 heavy (non-hydrogen) atoms. The molecule has 0 unspecified atom stereocenters. The van der Waals surface area contributed by atoms with Crippen LogP contribution in [-0.2, 0) is 20.0 Å². The Bertz CT molecular complexity index is 1320. The van der Waals surface area contributed by atoms with Gasteiger partial charge in [0, 0.05) is 37.7 Å². The Hall–Kier alpha value is -3.62. The van der Waals surface area contributed by atoms with E-state index >= 15 is 0 Å². The fraction of sp³-hybridized carbons (Fsp3) is 0.375. The molecule has 8 nitrogen and oxygen atoms in total. The van der Waals surface area contributed by atoms with Gasteiger partial charge in [-0.1, -0.05) is 19.8 Å². The van der Waals surface area contributed by atoms with Crippen LogP contribution in [-0.4, -0.2) is 35.6 Å². The predicted octanol–water partition coefficient (Wildman–Crippen LogP) is 4.04. The van der Waals surface area contributed by atoms with E-state index in [1.807, 2.05) is 26.2 Å². The lowest BCUT2D eigenvalue weighted by Crippen LogP contribution is -2.25. The van der Waals surface area contributed by atoms with E-state index in [0.29, 0.717) is 40.5 Å². The summed E-state index contributed by atoms with van der Waals surface area (Å²) in [6.45, 7) is 2.11. The van der Waals surface area contributed by atoms with Crippen LogP contribution in [0.25, 0.3) is 22.3 Å². The second-order valence-electron chi connectivity index (χ2n) is 8.58. The first-order chi connectivity index (χ1) is 16.0. The number of benzene rings is 1. The van der Waals surface area contributed by atoms with Gasteiger partial charge in [-0.15, -0.1) is 0 Å². The number of aromatic nitrogens is 6. The molecule has 4 aromatic rings. The van der Waals surface area contributed by atoms with Crippen molar-refractivity contribution in [3.05, 3.63) is 59.3 Å². The Labute approximate surface area is 190 Å². The number of nitrogens with zero attached hydrogens (tertiary/aromatic N) is 5. The Morgan fingerprint density at radius 3 is 2.73 bits per heavy atom. The van der Waals surface area contributed by atoms with Gasteiger partial charge in [0.15, 0.2) is 11.3 Å². The molecular formula is C24H26FN7O. The van der Waals surface area contributed by atoms with Crippen molar-refractivity contribution >= 4 is 17.1 Å². The van der Waals surface area contributed by atoms with Crippen molar-refractivity contribution in [1.82, 2.24) is 35.0 Å². The SMILES string of the molecule is CCc1nc(C(=O)NCc2cc(F)cc(-c3cnn(C)c3)c2)c2[nH]c(C3CCCC3)nc2n1. The summed E-state index contributed by atoms with van der Waals surface area (Å²) in [6, 6.07) is 4.72. The lowest BCUT2D eigenvalue weighted by molar-refractivity contribution is 0.0947. The molecule has 1 aliphatic carbocycles. The minimum absolute atomic E-state index is 0.167. The largest absolute Gasteiger partial charge is 0.347 e. The summed E-state index contributed by atoms with van der Waals surface area (Å²) in [5.74, 6) is 1.12. The van der Waals surface area contributed by atoms with E-state index in [0.717, 1.165) is 24.2 Å². The molecule has 1 amide bonds. The van der Waals surface area contributed by atoms with Gasteiger partial charge in [-0.05, 0) is 42.2 Å². The lowest BCUT2D eigenvalue weighted by Gasteiger charge is -2.08. The smallest absolute Gasteiger partial charge is 0.272 e. The molecule has 9 heteroatoms. The Balaban J connectivity index is 1.40. The van der Waals surface area contributed by atoms with Gasteiger partial charge < -0.3 is 10.3 Å². The van der Waals surface area contributed by atoms with Crippen LogP contribution in [0, 0.1) is 5.82 Å². The van der Waals surface area contributed by atoms with Gasteiger partial charge in [0.25, 0.3) is 5.91 Å². The maximum absolute atomic E-state index is 14.3. The van der Waals surface area contributed by atoms with Crippen LogP contribution >= 0.6 is 0 Å². The lowest BCUT2D eigenvalue weighted by atomic mass is 10.1. The van der Waals surface area contributed by atoms with Gasteiger partial charge >= 0.3 is 0 Å². The van der Waals surface area contributed by atoms with Gasteiger partial charge in [0.2, 0.25) is 0 Å². The third-order valence-corrected chi connectivity index (χ3v) is 6.14. The topological polar surface area (TPSA) is 101 Å². The van der Waals surface area contributed by atoms with Crippen molar-refractivity contribution in [2.24, 2.45) is 7.05 Å². The quantitative estimate of drug-likeness (QED) is 0.464. The molecule has 0 saturated heterocycles. The summed E-state index contributed by atoms with van der Waals surface area (Å²) in [5, 5.41) is 7.03. The fourth-order valence-electron chi connectivity index (χ4n) is 4.43. The van der Waals surface area contributed by atoms with E-state index < -0.39 is 0 Å². The molecule has 0 aliphatic heterocycles. The number of carbonyl (C=O) groups is 1. The first kappa shape index (κ1) is 21.2. The molecule has 1 aliphatic rings. The van der Waals surface area contributed by atoms with Crippen LogP contribution < -0.4 is 5.32 Å². The molecular weight excluding hydrogens is 421 g/mol. The zero-order valence-corrected chi connectivity index (χ0v) is 18.7. The number of carbonyl (C=O) groups excluding carboxylic acids is 1. The van der Waals surface area contributed by atoms with E-state index in [1.165, 1.54) is 25.0 Å². The number of imidazole rings is 1. The molecule has 170 valence electrons. The number of halogens is 1. The van der Waals surface area contributed by atoms with Crippen molar-refractivity contribution < 1.29 is 9.18 Å². The fourth-order valence-corrected chi connectivity index (χ4v) is 4.43. The van der Waals surface area contributed by atoms with Gasteiger partial charge in [0.1, 0.15) is 23.0 Å². The Kier molecular flexibility index (Phi) is 5.62.